The van der Waals surface area contributed by atoms with Gasteiger partial charge in [-0.2, -0.15) is 13.2 Å². The molecule has 2 rings (SSSR count). The van der Waals surface area contributed by atoms with Crippen molar-refractivity contribution in [2.75, 3.05) is 11.9 Å². The Kier molecular flexibility index (Phi) is 8.09. The van der Waals surface area contributed by atoms with E-state index in [0.29, 0.717) is 27.8 Å². The lowest BCUT2D eigenvalue weighted by atomic mass is 10.1. The van der Waals surface area contributed by atoms with Crippen molar-refractivity contribution >= 4 is 44.9 Å². The number of pyridine rings is 1. The fourth-order valence-electron chi connectivity index (χ4n) is 2.43. The third kappa shape index (κ3) is 6.65. The van der Waals surface area contributed by atoms with Crippen LogP contribution in [0, 0.1) is 0 Å². The first-order chi connectivity index (χ1) is 13.2. The highest BCUT2D eigenvalue weighted by atomic mass is 79.9. The molecule has 1 heterocycles. The second-order valence-electron chi connectivity index (χ2n) is 5.69. The summed E-state index contributed by atoms with van der Waals surface area (Å²) in [5, 5.41) is 11.8. The number of nitrogens with one attached hydrogen (secondary N) is 1. The number of amides is 1. The largest absolute Gasteiger partial charge is 0.446 e. The number of aliphatic hydroxyl groups excluding tert-OH is 1. The summed E-state index contributed by atoms with van der Waals surface area (Å²) in [5.41, 5.74) is -2.15. The molecule has 2 aromatic rings. The van der Waals surface area contributed by atoms with Gasteiger partial charge in [0.1, 0.15) is 0 Å². The van der Waals surface area contributed by atoms with Gasteiger partial charge in [0.05, 0.1) is 11.3 Å². The number of carbonyl (C=O) groups is 1. The van der Waals surface area contributed by atoms with Crippen molar-refractivity contribution in [1.82, 2.24) is 4.98 Å². The Morgan fingerprint density at radius 1 is 1.32 bits per heavy atom. The van der Waals surface area contributed by atoms with Gasteiger partial charge in [-0.05, 0) is 76.4 Å². The summed E-state index contributed by atoms with van der Waals surface area (Å²) < 4.78 is 37.7. The average Bonchev–Trinajstić information content (AvgIpc) is 2.62. The fourth-order valence-corrected chi connectivity index (χ4v) is 3.57. The van der Waals surface area contributed by atoms with Crippen LogP contribution in [0.4, 0.5) is 18.9 Å². The highest BCUT2D eigenvalue weighted by Crippen LogP contribution is 2.37. The fraction of sp³-hybridized carbons (Fsp3) is 0.263. The SMILES string of the molecule is CC/C=C(/CCO)c1ncc(C(=O)Nc2ccc(SC(F)(F)F)cc2)cc1Br. The van der Waals surface area contributed by atoms with E-state index < -0.39 is 11.4 Å². The van der Waals surface area contributed by atoms with Crippen LogP contribution in [-0.4, -0.2) is 28.1 Å². The van der Waals surface area contributed by atoms with Crippen LogP contribution in [0.2, 0.25) is 0 Å². The molecule has 0 aliphatic carbocycles. The molecular formula is C19H18BrF3N2O2S. The van der Waals surface area contributed by atoms with Crippen LogP contribution in [0.5, 0.6) is 0 Å². The third-order valence-electron chi connectivity index (χ3n) is 3.58. The number of halogens is 4. The lowest BCUT2D eigenvalue weighted by Gasteiger charge is -2.11. The maximum atomic E-state index is 12.4. The number of hydrogen-bond acceptors (Lipinski definition) is 4. The number of benzene rings is 1. The molecule has 0 saturated heterocycles. The molecule has 0 aliphatic rings. The first kappa shape index (κ1) is 22.4. The second kappa shape index (κ2) is 10.1. The predicted molar refractivity (Wildman–Crippen MR) is 108 cm³/mol. The van der Waals surface area contributed by atoms with Crippen molar-refractivity contribution in [3.05, 3.63) is 58.3 Å². The van der Waals surface area contributed by atoms with E-state index in [1.165, 1.54) is 30.5 Å². The van der Waals surface area contributed by atoms with E-state index in [1.54, 1.807) is 6.07 Å². The molecular weight excluding hydrogens is 457 g/mol. The zero-order valence-electron chi connectivity index (χ0n) is 14.9. The summed E-state index contributed by atoms with van der Waals surface area (Å²) in [6.07, 6.45) is 4.62. The van der Waals surface area contributed by atoms with Gasteiger partial charge in [-0.25, -0.2) is 0 Å². The van der Waals surface area contributed by atoms with Gasteiger partial charge in [0.25, 0.3) is 5.91 Å². The van der Waals surface area contributed by atoms with Crippen LogP contribution in [0.15, 0.2) is 52.0 Å². The smallest absolute Gasteiger partial charge is 0.396 e. The van der Waals surface area contributed by atoms with Crippen LogP contribution in [-0.2, 0) is 0 Å². The van der Waals surface area contributed by atoms with Crippen molar-refractivity contribution in [3.8, 4) is 0 Å². The predicted octanol–water partition coefficient (Wildman–Crippen LogP) is 5.88. The number of hydrogen-bond donors (Lipinski definition) is 2. The number of thioether (sulfide) groups is 1. The van der Waals surface area contributed by atoms with Crippen molar-refractivity contribution in [3.63, 3.8) is 0 Å². The van der Waals surface area contributed by atoms with E-state index in [2.05, 4.69) is 26.2 Å². The van der Waals surface area contributed by atoms with Crippen LogP contribution < -0.4 is 5.32 Å². The van der Waals surface area contributed by atoms with Gasteiger partial charge in [-0.1, -0.05) is 13.0 Å². The van der Waals surface area contributed by atoms with E-state index >= 15 is 0 Å². The van der Waals surface area contributed by atoms with E-state index in [1.807, 2.05) is 13.0 Å². The molecule has 0 spiro atoms. The molecule has 1 amide bonds. The molecule has 0 unspecified atom stereocenters. The van der Waals surface area contributed by atoms with Gasteiger partial charge < -0.3 is 10.4 Å². The molecule has 9 heteroatoms. The summed E-state index contributed by atoms with van der Waals surface area (Å²) in [7, 11) is 0. The Labute approximate surface area is 173 Å². The standard InChI is InChI=1S/C19H18BrF3N2O2S/c1-2-3-12(8-9-26)17-16(20)10-13(11-24-17)18(27)25-14-4-6-15(7-5-14)28-19(21,22)23/h3-7,10-11,26H,2,8-9H2,1H3,(H,25,27)/b12-3-. The lowest BCUT2D eigenvalue weighted by Crippen LogP contribution is -2.12. The highest BCUT2D eigenvalue weighted by molar-refractivity contribution is 9.10. The second-order valence-corrected chi connectivity index (χ2v) is 7.68. The number of carbonyl (C=O) groups excluding carboxylic acids is 1. The average molecular weight is 475 g/mol. The summed E-state index contributed by atoms with van der Waals surface area (Å²) in [4.78, 5) is 16.8. The van der Waals surface area contributed by atoms with Crippen molar-refractivity contribution in [2.24, 2.45) is 0 Å². The van der Waals surface area contributed by atoms with Gasteiger partial charge in [-0.3, -0.25) is 9.78 Å². The highest BCUT2D eigenvalue weighted by Gasteiger charge is 2.29. The Hall–Kier alpha value is -1.84. The molecule has 150 valence electrons. The first-order valence-corrected chi connectivity index (χ1v) is 9.97. The zero-order chi connectivity index (χ0) is 20.7. The van der Waals surface area contributed by atoms with E-state index in [9.17, 15) is 23.1 Å². The summed E-state index contributed by atoms with van der Waals surface area (Å²) in [6, 6.07) is 7.02. The number of aromatic nitrogens is 1. The molecule has 0 saturated carbocycles. The molecule has 4 nitrogen and oxygen atoms in total. The quantitative estimate of drug-likeness (QED) is 0.491. The van der Waals surface area contributed by atoms with Gasteiger partial charge in [0.15, 0.2) is 0 Å². The third-order valence-corrected chi connectivity index (χ3v) is 4.93. The van der Waals surface area contributed by atoms with Gasteiger partial charge >= 0.3 is 5.51 Å². The molecule has 28 heavy (non-hydrogen) atoms. The van der Waals surface area contributed by atoms with Crippen molar-refractivity contribution < 1.29 is 23.1 Å². The summed E-state index contributed by atoms with van der Waals surface area (Å²) in [6.45, 7) is 1.97. The Balaban J connectivity index is 2.12. The number of aliphatic hydroxyl groups is 1. The molecule has 0 aliphatic heterocycles. The van der Waals surface area contributed by atoms with Crippen molar-refractivity contribution in [1.29, 1.82) is 0 Å². The van der Waals surface area contributed by atoms with E-state index in [4.69, 9.17) is 0 Å². The molecule has 0 radical (unpaired) electrons. The number of nitrogens with zero attached hydrogens (tertiary/aromatic N) is 1. The van der Waals surface area contributed by atoms with Crippen LogP contribution in [0.3, 0.4) is 0 Å². The topological polar surface area (TPSA) is 62.2 Å². The number of alkyl halides is 3. The van der Waals surface area contributed by atoms with Crippen LogP contribution in [0.25, 0.3) is 5.57 Å². The normalized spacial score (nSPS) is 12.1. The molecule has 1 aromatic heterocycles. The number of rotatable bonds is 7. The minimum Gasteiger partial charge on any atom is -0.396 e. The van der Waals surface area contributed by atoms with Crippen LogP contribution in [0.1, 0.15) is 35.8 Å². The van der Waals surface area contributed by atoms with Gasteiger partial charge in [0.2, 0.25) is 0 Å². The molecule has 2 N–H and O–H groups in total. The molecule has 0 atom stereocenters. The monoisotopic (exact) mass is 474 g/mol. The Morgan fingerprint density at radius 3 is 2.54 bits per heavy atom. The molecule has 0 fully saturated rings. The first-order valence-electron chi connectivity index (χ1n) is 8.36. The van der Waals surface area contributed by atoms with E-state index in [0.717, 1.165) is 12.0 Å². The summed E-state index contributed by atoms with van der Waals surface area (Å²) in [5.74, 6) is -0.431. The van der Waals surface area contributed by atoms with Gasteiger partial charge in [0, 0.05) is 27.9 Å². The molecule has 1 aromatic carbocycles. The minimum atomic E-state index is -4.36. The lowest BCUT2D eigenvalue weighted by molar-refractivity contribution is -0.0328. The Morgan fingerprint density at radius 2 is 2.00 bits per heavy atom. The molecule has 0 bridgehead atoms. The summed E-state index contributed by atoms with van der Waals surface area (Å²) >= 11 is 3.19. The van der Waals surface area contributed by atoms with Gasteiger partial charge in [-0.15, -0.1) is 0 Å². The number of allylic oxidation sites excluding steroid dienone is 1. The minimum absolute atomic E-state index is 0.00912. The number of anilines is 1. The van der Waals surface area contributed by atoms with Crippen LogP contribution >= 0.6 is 27.7 Å². The maximum Gasteiger partial charge on any atom is 0.446 e. The Bertz CT molecular complexity index is 855. The van der Waals surface area contributed by atoms with Crippen molar-refractivity contribution in [2.45, 2.75) is 30.2 Å². The maximum absolute atomic E-state index is 12.4. The zero-order valence-corrected chi connectivity index (χ0v) is 17.3. The van der Waals surface area contributed by atoms with E-state index in [-0.39, 0.29) is 23.3 Å².